The SMILES string of the molecule is Cc1nn(-c2ccccc2)c2nc(C3CC3)cc(C(=O)NC[C@@H](C)Cn3cc(Cl)cn3)c12. The largest absolute Gasteiger partial charge is 0.352 e. The van der Waals surface area contributed by atoms with Gasteiger partial charge in [-0.3, -0.25) is 9.48 Å². The molecule has 1 amide bonds. The van der Waals surface area contributed by atoms with Gasteiger partial charge in [-0.05, 0) is 43.9 Å². The molecule has 5 rings (SSSR count). The van der Waals surface area contributed by atoms with Crippen LogP contribution in [0.5, 0.6) is 0 Å². The van der Waals surface area contributed by atoms with Crippen molar-refractivity contribution < 1.29 is 4.79 Å². The molecule has 0 saturated heterocycles. The Morgan fingerprint density at radius 2 is 2.06 bits per heavy atom. The molecular formula is C24H25ClN6O. The molecule has 0 spiro atoms. The number of carbonyl (C=O) groups excluding carboxylic acids is 1. The van der Waals surface area contributed by atoms with Crippen molar-refractivity contribution >= 4 is 28.5 Å². The molecule has 1 N–H and O–H groups in total. The highest BCUT2D eigenvalue weighted by Gasteiger charge is 2.29. The molecule has 1 aliphatic carbocycles. The molecule has 32 heavy (non-hydrogen) atoms. The summed E-state index contributed by atoms with van der Waals surface area (Å²) in [7, 11) is 0. The van der Waals surface area contributed by atoms with Crippen LogP contribution in [0.1, 0.15) is 47.4 Å². The fourth-order valence-electron chi connectivity index (χ4n) is 4.01. The Morgan fingerprint density at radius 3 is 2.75 bits per heavy atom. The Balaban J connectivity index is 1.44. The van der Waals surface area contributed by atoms with Gasteiger partial charge in [-0.2, -0.15) is 10.2 Å². The third-order valence-corrected chi connectivity index (χ3v) is 5.98. The highest BCUT2D eigenvalue weighted by molar-refractivity contribution is 6.30. The molecule has 1 saturated carbocycles. The van der Waals surface area contributed by atoms with Gasteiger partial charge < -0.3 is 5.32 Å². The lowest BCUT2D eigenvalue weighted by Crippen LogP contribution is -2.30. The first-order valence-electron chi connectivity index (χ1n) is 10.9. The summed E-state index contributed by atoms with van der Waals surface area (Å²) in [5.41, 5.74) is 4.08. The summed E-state index contributed by atoms with van der Waals surface area (Å²) >= 11 is 5.95. The van der Waals surface area contributed by atoms with Crippen LogP contribution in [-0.2, 0) is 6.54 Å². The number of carbonyl (C=O) groups is 1. The number of nitrogens with one attached hydrogen (secondary N) is 1. The molecule has 3 aromatic heterocycles. The number of hydrogen-bond donors (Lipinski definition) is 1. The van der Waals surface area contributed by atoms with Crippen LogP contribution in [0.25, 0.3) is 16.7 Å². The number of amides is 1. The van der Waals surface area contributed by atoms with Gasteiger partial charge in [0.2, 0.25) is 0 Å². The zero-order valence-electron chi connectivity index (χ0n) is 18.1. The minimum atomic E-state index is -0.0969. The molecule has 1 atom stereocenters. The van der Waals surface area contributed by atoms with E-state index < -0.39 is 0 Å². The molecule has 4 aromatic rings. The number of nitrogens with zero attached hydrogens (tertiary/aromatic N) is 5. The van der Waals surface area contributed by atoms with E-state index in [1.807, 2.05) is 48.0 Å². The third-order valence-electron chi connectivity index (χ3n) is 5.79. The van der Waals surface area contributed by atoms with Crippen LogP contribution in [0.2, 0.25) is 5.02 Å². The second-order valence-electron chi connectivity index (χ2n) is 8.60. The van der Waals surface area contributed by atoms with Crippen LogP contribution in [0.4, 0.5) is 0 Å². The number of benzene rings is 1. The standard InChI is InChI=1S/C24H25ClN6O/c1-15(13-30-14-18(25)12-27-30)11-26-24(32)20-10-21(17-8-9-17)28-23-22(20)16(2)29-31(23)19-6-4-3-5-7-19/h3-7,10,12,14-15,17H,8-9,11,13H2,1-2H3,(H,26,32)/t15-/m1/s1. The number of para-hydroxylation sites is 1. The van der Waals surface area contributed by atoms with Crippen molar-refractivity contribution in [1.82, 2.24) is 29.9 Å². The summed E-state index contributed by atoms with van der Waals surface area (Å²) in [4.78, 5) is 18.2. The van der Waals surface area contributed by atoms with Crippen LogP contribution in [-0.4, -0.2) is 37.0 Å². The molecule has 0 unspecified atom stereocenters. The van der Waals surface area contributed by atoms with E-state index in [9.17, 15) is 4.79 Å². The minimum absolute atomic E-state index is 0.0969. The normalized spacial score (nSPS) is 14.6. The van der Waals surface area contributed by atoms with Gasteiger partial charge in [0.1, 0.15) is 0 Å². The average molecular weight is 449 g/mol. The zero-order valence-corrected chi connectivity index (χ0v) is 18.9. The molecule has 0 radical (unpaired) electrons. The summed E-state index contributed by atoms with van der Waals surface area (Å²) in [6, 6.07) is 11.9. The molecule has 7 nitrogen and oxygen atoms in total. The van der Waals surface area contributed by atoms with E-state index in [1.165, 1.54) is 0 Å². The zero-order chi connectivity index (χ0) is 22.2. The van der Waals surface area contributed by atoms with Gasteiger partial charge in [0, 0.05) is 30.9 Å². The number of hydrogen-bond acceptors (Lipinski definition) is 4. The second-order valence-corrected chi connectivity index (χ2v) is 9.03. The quantitative estimate of drug-likeness (QED) is 0.450. The van der Waals surface area contributed by atoms with Gasteiger partial charge in [-0.1, -0.05) is 36.7 Å². The van der Waals surface area contributed by atoms with Crippen LogP contribution < -0.4 is 5.32 Å². The van der Waals surface area contributed by atoms with Crippen molar-refractivity contribution in [2.24, 2.45) is 5.92 Å². The maximum atomic E-state index is 13.3. The summed E-state index contributed by atoms with van der Waals surface area (Å²) in [5.74, 6) is 0.525. The lowest BCUT2D eigenvalue weighted by Gasteiger charge is -2.14. The van der Waals surface area contributed by atoms with Crippen LogP contribution in [0.3, 0.4) is 0 Å². The molecule has 1 aromatic carbocycles. The van der Waals surface area contributed by atoms with Crippen molar-refractivity contribution in [2.45, 2.75) is 39.2 Å². The highest BCUT2D eigenvalue weighted by Crippen LogP contribution is 2.40. The first kappa shape index (κ1) is 20.7. The fourth-order valence-corrected chi connectivity index (χ4v) is 4.17. The molecular weight excluding hydrogens is 424 g/mol. The Bertz CT molecular complexity index is 1270. The molecule has 8 heteroatoms. The Morgan fingerprint density at radius 1 is 1.28 bits per heavy atom. The van der Waals surface area contributed by atoms with Crippen LogP contribution >= 0.6 is 11.6 Å². The number of pyridine rings is 1. The van der Waals surface area contributed by atoms with Gasteiger partial charge in [0.15, 0.2) is 5.65 Å². The number of fused-ring (bicyclic) bond motifs is 1. The molecule has 1 fully saturated rings. The average Bonchev–Trinajstić information content (AvgIpc) is 3.49. The fraction of sp³-hybridized carbons (Fsp3) is 0.333. The van der Waals surface area contributed by atoms with E-state index in [2.05, 4.69) is 17.3 Å². The van der Waals surface area contributed by atoms with Gasteiger partial charge in [0.25, 0.3) is 5.91 Å². The lowest BCUT2D eigenvalue weighted by molar-refractivity contribution is 0.0948. The first-order valence-corrected chi connectivity index (χ1v) is 11.3. The number of halogens is 1. The van der Waals surface area contributed by atoms with Gasteiger partial charge in [0.05, 0.1) is 33.6 Å². The monoisotopic (exact) mass is 448 g/mol. The minimum Gasteiger partial charge on any atom is -0.352 e. The van der Waals surface area contributed by atoms with E-state index in [4.69, 9.17) is 21.7 Å². The predicted octanol–water partition coefficient (Wildman–Crippen LogP) is 4.52. The molecule has 164 valence electrons. The van der Waals surface area contributed by atoms with Crippen LogP contribution in [0, 0.1) is 12.8 Å². The van der Waals surface area contributed by atoms with E-state index in [0.29, 0.717) is 29.6 Å². The summed E-state index contributed by atoms with van der Waals surface area (Å²) in [6.45, 7) is 5.22. The summed E-state index contributed by atoms with van der Waals surface area (Å²) in [5, 5.41) is 13.5. The van der Waals surface area contributed by atoms with Crippen molar-refractivity contribution in [2.75, 3.05) is 6.54 Å². The number of rotatable bonds is 7. The molecule has 0 bridgehead atoms. The van der Waals surface area contributed by atoms with Crippen molar-refractivity contribution in [3.8, 4) is 5.69 Å². The van der Waals surface area contributed by atoms with Crippen molar-refractivity contribution in [3.05, 3.63) is 70.8 Å². The van der Waals surface area contributed by atoms with E-state index in [0.717, 1.165) is 41.0 Å². The number of aromatic nitrogens is 5. The third kappa shape index (κ3) is 4.12. The van der Waals surface area contributed by atoms with E-state index in [-0.39, 0.29) is 11.8 Å². The Kier molecular flexibility index (Phi) is 5.43. The summed E-state index contributed by atoms with van der Waals surface area (Å²) in [6.07, 6.45) is 5.63. The maximum absolute atomic E-state index is 13.3. The van der Waals surface area contributed by atoms with Crippen molar-refractivity contribution in [1.29, 1.82) is 0 Å². The molecule has 0 aliphatic heterocycles. The maximum Gasteiger partial charge on any atom is 0.252 e. The Labute approximate surface area is 191 Å². The molecule has 1 aliphatic rings. The Hall–Kier alpha value is -3.19. The van der Waals surface area contributed by atoms with E-state index >= 15 is 0 Å². The summed E-state index contributed by atoms with van der Waals surface area (Å²) < 4.78 is 3.64. The van der Waals surface area contributed by atoms with Gasteiger partial charge in [-0.25, -0.2) is 9.67 Å². The topological polar surface area (TPSA) is 77.6 Å². The predicted molar refractivity (Wildman–Crippen MR) is 124 cm³/mol. The van der Waals surface area contributed by atoms with Gasteiger partial charge in [-0.15, -0.1) is 0 Å². The van der Waals surface area contributed by atoms with Crippen LogP contribution in [0.15, 0.2) is 48.8 Å². The smallest absolute Gasteiger partial charge is 0.252 e. The number of aryl methyl sites for hydroxylation is 1. The molecule has 3 heterocycles. The van der Waals surface area contributed by atoms with E-state index in [1.54, 1.807) is 17.1 Å². The first-order chi connectivity index (χ1) is 15.5. The van der Waals surface area contributed by atoms with Crippen molar-refractivity contribution in [3.63, 3.8) is 0 Å². The highest BCUT2D eigenvalue weighted by atomic mass is 35.5. The lowest BCUT2D eigenvalue weighted by atomic mass is 10.1. The van der Waals surface area contributed by atoms with Gasteiger partial charge >= 0.3 is 0 Å². The second kappa shape index (κ2) is 8.39.